The number of nitrogens with zero attached hydrogens (tertiary/aromatic N) is 1. The first kappa shape index (κ1) is 15.4. The summed E-state index contributed by atoms with van der Waals surface area (Å²) in [5, 5.41) is 13.4. The van der Waals surface area contributed by atoms with Gasteiger partial charge in [-0.1, -0.05) is 0 Å². The van der Waals surface area contributed by atoms with Crippen molar-refractivity contribution in [3.8, 4) is 0 Å². The number of aliphatic carboxylic acids is 1. The SMILES string of the molecule is CNC(=O)NC(=O)CCN(C)C1COCC1C(=O)O. The molecule has 0 bridgehead atoms. The van der Waals surface area contributed by atoms with Crippen molar-refractivity contribution in [2.45, 2.75) is 12.5 Å². The van der Waals surface area contributed by atoms with Crippen LogP contribution in [0, 0.1) is 5.92 Å². The van der Waals surface area contributed by atoms with E-state index in [4.69, 9.17) is 9.84 Å². The summed E-state index contributed by atoms with van der Waals surface area (Å²) in [5.74, 6) is -1.88. The van der Waals surface area contributed by atoms with Gasteiger partial charge in [-0.3, -0.25) is 19.8 Å². The lowest BCUT2D eigenvalue weighted by atomic mass is 10.0. The molecule has 1 rings (SSSR count). The number of carbonyl (C=O) groups excluding carboxylic acids is 2. The van der Waals surface area contributed by atoms with Gasteiger partial charge in [0.15, 0.2) is 0 Å². The number of hydrogen-bond donors (Lipinski definition) is 3. The van der Waals surface area contributed by atoms with Gasteiger partial charge >= 0.3 is 12.0 Å². The Morgan fingerprint density at radius 2 is 2.05 bits per heavy atom. The van der Waals surface area contributed by atoms with Crippen LogP contribution in [0.1, 0.15) is 6.42 Å². The molecule has 0 saturated carbocycles. The van der Waals surface area contributed by atoms with E-state index < -0.39 is 23.8 Å². The molecule has 0 spiro atoms. The van der Waals surface area contributed by atoms with Crippen LogP contribution in [0.4, 0.5) is 4.79 Å². The molecular weight excluding hydrogens is 254 g/mol. The second-order valence-corrected chi connectivity index (χ2v) is 4.41. The molecule has 8 nitrogen and oxygen atoms in total. The monoisotopic (exact) mass is 273 g/mol. The average Bonchev–Trinajstić information content (AvgIpc) is 2.85. The minimum atomic E-state index is -0.899. The van der Waals surface area contributed by atoms with Gasteiger partial charge in [0.2, 0.25) is 5.91 Å². The molecule has 3 amide bonds. The van der Waals surface area contributed by atoms with Crippen molar-refractivity contribution in [2.75, 3.05) is 33.9 Å². The van der Waals surface area contributed by atoms with Crippen LogP contribution < -0.4 is 10.6 Å². The van der Waals surface area contributed by atoms with Crippen LogP contribution in [0.2, 0.25) is 0 Å². The van der Waals surface area contributed by atoms with E-state index in [-0.39, 0.29) is 19.1 Å². The quantitative estimate of drug-likeness (QED) is 0.584. The van der Waals surface area contributed by atoms with E-state index in [0.717, 1.165) is 0 Å². The lowest BCUT2D eigenvalue weighted by Gasteiger charge is -2.25. The maximum absolute atomic E-state index is 11.4. The number of carboxylic acids is 1. The predicted octanol–water partition coefficient (Wildman–Crippen LogP) is -1.14. The summed E-state index contributed by atoms with van der Waals surface area (Å²) >= 11 is 0. The molecule has 1 saturated heterocycles. The van der Waals surface area contributed by atoms with Gasteiger partial charge in [-0.15, -0.1) is 0 Å². The fraction of sp³-hybridized carbons (Fsp3) is 0.727. The standard InChI is InChI=1S/C11H19N3O5/c1-12-11(18)13-9(15)3-4-14(2)8-6-19-5-7(8)10(16)17/h7-8H,3-6H2,1-2H3,(H,16,17)(H2,12,13,15,18). The highest BCUT2D eigenvalue weighted by Crippen LogP contribution is 2.18. The number of amides is 3. The highest BCUT2D eigenvalue weighted by atomic mass is 16.5. The van der Waals surface area contributed by atoms with Gasteiger partial charge in [-0.25, -0.2) is 4.79 Å². The first-order valence-corrected chi connectivity index (χ1v) is 5.98. The molecule has 0 radical (unpaired) electrons. The number of rotatable bonds is 5. The van der Waals surface area contributed by atoms with Crippen molar-refractivity contribution in [3.63, 3.8) is 0 Å². The van der Waals surface area contributed by atoms with E-state index >= 15 is 0 Å². The zero-order chi connectivity index (χ0) is 14.4. The Morgan fingerprint density at radius 1 is 1.37 bits per heavy atom. The molecule has 0 aromatic carbocycles. The second-order valence-electron chi connectivity index (χ2n) is 4.41. The maximum atomic E-state index is 11.4. The molecule has 1 fully saturated rings. The Labute approximate surface area is 111 Å². The normalized spacial score (nSPS) is 22.3. The molecule has 8 heteroatoms. The zero-order valence-corrected chi connectivity index (χ0v) is 11.0. The summed E-state index contributed by atoms with van der Waals surface area (Å²) in [7, 11) is 3.16. The summed E-state index contributed by atoms with van der Waals surface area (Å²) in [5.41, 5.74) is 0. The Balaban J connectivity index is 2.38. The zero-order valence-electron chi connectivity index (χ0n) is 11.0. The van der Waals surface area contributed by atoms with E-state index in [1.807, 2.05) is 0 Å². The smallest absolute Gasteiger partial charge is 0.321 e. The molecule has 0 aromatic rings. The topological polar surface area (TPSA) is 108 Å². The van der Waals surface area contributed by atoms with Crippen molar-refractivity contribution in [3.05, 3.63) is 0 Å². The molecule has 1 aliphatic heterocycles. The maximum Gasteiger partial charge on any atom is 0.321 e. The molecule has 0 aliphatic carbocycles. The molecule has 3 N–H and O–H groups in total. The van der Waals surface area contributed by atoms with E-state index in [2.05, 4.69) is 10.6 Å². The van der Waals surface area contributed by atoms with Crippen LogP contribution in [-0.4, -0.2) is 67.8 Å². The van der Waals surface area contributed by atoms with Gasteiger partial charge in [-0.2, -0.15) is 0 Å². The third kappa shape index (κ3) is 4.49. The third-order valence-electron chi connectivity index (χ3n) is 3.11. The molecule has 1 heterocycles. The summed E-state index contributed by atoms with van der Waals surface area (Å²) in [6.45, 7) is 0.889. The lowest BCUT2D eigenvalue weighted by molar-refractivity contribution is -0.143. The van der Waals surface area contributed by atoms with Crippen LogP contribution in [0.25, 0.3) is 0 Å². The van der Waals surface area contributed by atoms with E-state index in [9.17, 15) is 14.4 Å². The number of nitrogens with one attached hydrogen (secondary N) is 2. The van der Waals surface area contributed by atoms with Gasteiger partial charge in [0.25, 0.3) is 0 Å². The van der Waals surface area contributed by atoms with Gasteiger partial charge in [0.1, 0.15) is 0 Å². The highest BCUT2D eigenvalue weighted by Gasteiger charge is 2.36. The first-order valence-electron chi connectivity index (χ1n) is 5.98. The molecular formula is C11H19N3O5. The largest absolute Gasteiger partial charge is 0.481 e. The van der Waals surface area contributed by atoms with Crippen molar-refractivity contribution >= 4 is 17.9 Å². The molecule has 2 unspecified atom stereocenters. The number of hydrogen-bond acceptors (Lipinski definition) is 5. The number of carboxylic acid groups (broad SMARTS) is 1. The summed E-state index contributed by atoms with van der Waals surface area (Å²) in [6.07, 6.45) is 0.118. The van der Waals surface area contributed by atoms with Crippen LogP contribution in [0.15, 0.2) is 0 Å². The van der Waals surface area contributed by atoms with Crippen molar-refractivity contribution in [1.29, 1.82) is 0 Å². The van der Waals surface area contributed by atoms with E-state index in [1.165, 1.54) is 7.05 Å². The van der Waals surface area contributed by atoms with Crippen LogP contribution in [-0.2, 0) is 14.3 Å². The number of imide groups is 1. The molecule has 19 heavy (non-hydrogen) atoms. The van der Waals surface area contributed by atoms with Crippen molar-refractivity contribution < 1.29 is 24.2 Å². The van der Waals surface area contributed by atoms with Gasteiger partial charge in [0, 0.05) is 26.1 Å². The van der Waals surface area contributed by atoms with Gasteiger partial charge in [0.05, 0.1) is 19.1 Å². The third-order valence-corrected chi connectivity index (χ3v) is 3.11. The van der Waals surface area contributed by atoms with Crippen LogP contribution >= 0.6 is 0 Å². The van der Waals surface area contributed by atoms with Crippen molar-refractivity contribution in [2.24, 2.45) is 5.92 Å². The fourth-order valence-corrected chi connectivity index (χ4v) is 1.91. The first-order chi connectivity index (χ1) is 8.95. The average molecular weight is 273 g/mol. The lowest BCUT2D eigenvalue weighted by Crippen LogP contribution is -2.43. The number of carbonyl (C=O) groups is 3. The Morgan fingerprint density at radius 3 is 2.63 bits per heavy atom. The van der Waals surface area contributed by atoms with Gasteiger partial charge in [-0.05, 0) is 7.05 Å². The molecule has 0 aromatic heterocycles. The minimum Gasteiger partial charge on any atom is -0.481 e. The van der Waals surface area contributed by atoms with Crippen LogP contribution in [0.3, 0.4) is 0 Å². The van der Waals surface area contributed by atoms with E-state index in [0.29, 0.717) is 13.2 Å². The number of ether oxygens (including phenoxy) is 1. The number of likely N-dealkylation sites (N-methyl/N-ethyl adjacent to an activating group) is 1. The molecule has 108 valence electrons. The number of urea groups is 1. The van der Waals surface area contributed by atoms with Crippen LogP contribution in [0.5, 0.6) is 0 Å². The predicted molar refractivity (Wildman–Crippen MR) is 65.6 cm³/mol. The fourth-order valence-electron chi connectivity index (χ4n) is 1.91. The van der Waals surface area contributed by atoms with Gasteiger partial charge < -0.3 is 15.2 Å². The summed E-state index contributed by atoms with van der Waals surface area (Å²) in [4.78, 5) is 35.1. The highest BCUT2D eigenvalue weighted by molar-refractivity contribution is 5.94. The molecule has 2 atom stereocenters. The molecule has 1 aliphatic rings. The van der Waals surface area contributed by atoms with E-state index in [1.54, 1.807) is 11.9 Å². The Hall–Kier alpha value is -1.67. The van der Waals surface area contributed by atoms with Crippen molar-refractivity contribution in [1.82, 2.24) is 15.5 Å². The summed E-state index contributed by atoms with van der Waals surface area (Å²) < 4.78 is 5.15. The summed E-state index contributed by atoms with van der Waals surface area (Å²) in [6, 6.07) is -0.800. The minimum absolute atomic E-state index is 0.118. The second kappa shape index (κ2) is 7.05. The Bertz CT molecular complexity index is 360. The Kier molecular flexibility index (Phi) is 5.71.